The van der Waals surface area contributed by atoms with Crippen molar-refractivity contribution in [2.45, 2.75) is 6.42 Å². The molecule has 2 N–H and O–H groups in total. The van der Waals surface area contributed by atoms with Crippen LogP contribution in [0, 0.1) is 0 Å². The molecule has 5 nitrogen and oxygen atoms in total. The second-order valence-electron chi connectivity index (χ2n) is 4.77. The minimum absolute atomic E-state index is 0.593. The van der Waals surface area contributed by atoms with E-state index in [0.29, 0.717) is 12.5 Å². The maximum absolute atomic E-state index is 5.05. The summed E-state index contributed by atoms with van der Waals surface area (Å²) in [4.78, 5) is 9.02. The van der Waals surface area contributed by atoms with Gasteiger partial charge in [-0.05, 0) is 6.42 Å². The van der Waals surface area contributed by atoms with Gasteiger partial charge in [-0.2, -0.15) is 4.98 Å². The molecule has 1 aromatic heterocycles. The highest BCUT2D eigenvalue weighted by atomic mass is 16.5. The molecule has 0 atom stereocenters. The molecule has 22 heavy (non-hydrogen) atoms. The Morgan fingerprint density at radius 3 is 2.73 bits per heavy atom. The summed E-state index contributed by atoms with van der Waals surface area (Å²) in [6, 6.07) is 12.0. The summed E-state index contributed by atoms with van der Waals surface area (Å²) >= 11 is 0. The molecule has 116 valence electrons. The van der Waals surface area contributed by atoms with Crippen molar-refractivity contribution >= 4 is 11.8 Å². The largest absolute Gasteiger partial charge is 0.385 e. The smallest absolute Gasteiger partial charge is 0.225 e. The molecule has 0 spiro atoms. The van der Waals surface area contributed by atoms with Gasteiger partial charge in [0.1, 0.15) is 5.82 Å². The number of rotatable bonds is 9. The summed E-state index contributed by atoms with van der Waals surface area (Å²) in [7, 11) is 1.70. The fourth-order valence-corrected chi connectivity index (χ4v) is 1.97. The number of anilines is 2. The minimum atomic E-state index is 0.593. The molecule has 0 aliphatic rings. The van der Waals surface area contributed by atoms with Crippen molar-refractivity contribution in [2.75, 3.05) is 37.4 Å². The van der Waals surface area contributed by atoms with Crippen LogP contribution in [0.5, 0.6) is 0 Å². The zero-order chi connectivity index (χ0) is 15.6. The lowest BCUT2D eigenvalue weighted by Crippen LogP contribution is -2.09. The Hall–Kier alpha value is -2.40. The summed E-state index contributed by atoms with van der Waals surface area (Å²) in [5, 5.41) is 6.45. The lowest BCUT2D eigenvalue weighted by molar-refractivity contribution is 0.198. The van der Waals surface area contributed by atoms with Crippen LogP contribution in [0.3, 0.4) is 0 Å². The Bertz CT molecular complexity index is 586. The van der Waals surface area contributed by atoms with Crippen LogP contribution in [0.4, 0.5) is 11.8 Å². The van der Waals surface area contributed by atoms with Crippen molar-refractivity contribution in [1.29, 1.82) is 0 Å². The number of hydrogen-bond donors (Lipinski definition) is 2. The van der Waals surface area contributed by atoms with Gasteiger partial charge in [0.25, 0.3) is 0 Å². The maximum Gasteiger partial charge on any atom is 0.225 e. The SMILES string of the molecule is C=CCNc1nc(NCCCOC)cc(-c2ccccc2)n1. The van der Waals surface area contributed by atoms with Gasteiger partial charge in [-0.25, -0.2) is 4.98 Å². The normalized spacial score (nSPS) is 10.2. The summed E-state index contributed by atoms with van der Waals surface area (Å²) in [6.45, 7) is 5.86. The fraction of sp³-hybridized carbons (Fsp3) is 0.294. The molecule has 0 aliphatic heterocycles. The van der Waals surface area contributed by atoms with E-state index in [1.165, 1.54) is 0 Å². The standard InChI is InChI=1S/C17H22N4O/c1-3-10-19-17-20-15(14-8-5-4-6-9-14)13-16(21-17)18-11-7-12-22-2/h3-6,8-9,13H,1,7,10-12H2,2H3,(H2,18,19,20,21). The Morgan fingerprint density at radius 1 is 1.18 bits per heavy atom. The van der Waals surface area contributed by atoms with Crippen LogP contribution < -0.4 is 10.6 Å². The molecule has 2 aromatic rings. The van der Waals surface area contributed by atoms with Gasteiger partial charge in [0.05, 0.1) is 5.69 Å². The third kappa shape index (κ3) is 4.86. The van der Waals surface area contributed by atoms with Gasteiger partial charge >= 0.3 is 0 Å². The third-order valence-corrected chi connectivity index (χ3v) is 3.03. The molecule has 0 radical (unpaired) electrons. The number of benzene rings is 1. The molecule has 0 unspecified atom stereocenters. The van der Waals surface area contributed by atoms with Crippen LogP contribution in [-0.4, -0.2) is 36.8 Å². The molecule has 0 saturated heterocycles. The van der Waals surface area contributed by atoms with E-state index in [2.05, 4.69) is 27.2 Å². The second kappa shape index (κ2) is 8.79. The molecule has 0 saturated carbocycles. The van der Waals surface area contributed by atoms with Crippen molar-refractivity contribution in [3.8, 4) is 11.3 Å². The minimum Gasteiger partial charge on any atom is -0.385 e. The van der Waals surface area contributed by atoms with E-state index < -0.39 is 0 Å². The van der Waals surface area contributed by atoms with Crippen molar-refractivity contribution < 1.29 is 4.74 Å². The summed E-state index contributed by atoms with van der Waals surface area (Å²) in [5.41, 5.74) is 1.95. The Kier molecular flexibility index (Phi) is 6.39. The average Bonchev–Trinajstić information content (AvgIpc) is 2.57. The van der Waals surface area contributed by atoms with Crippen LogP contribution in [0.2, 0.25) is 0 Å². The van der Waals surface area contributed by atoms with Crippen LogP contribution in [0.15, 0.2) is 49.1 Å². The number of nitrogens with one attached hydrogen (secondary N) is 2. The molecular weight excluding hydrogens is 276 g/mol. The van der Waals surface area contributed by atoms with E-state index in [0.717, 1.165) is 36.6 Å². The Labute approximate surface area is 131 Å². The number of hydrogen-bond acceptors (Lipinski definition) is 5. The van der Waals surface area contributed by atoms with E-state index in [1.807, 2.05) is 36.4 Å². The molecule has 1 heterocycles. The molecule has 5 heteroatoms. The first kappa shape index (κ1) is 16.0. The van der Waals surface area contributed by atoms with Crippen LogP contribution in [-0.2, 0) is 4.74 Å². The quantitative estimate of drug-likeness (QED) is 0.550. The fourth-order valence-electron chi connectivity index (χ4n) is 1.97. The van der Waals surface area contributed by atoms with E-state index in [9.17, 15) is 0 Å². The maximum atomic E-state index is 5.05. The van der Waals surface area contributed by atoms with E-state index in [-0.39, 0.29) is 0 Å². The van der Waals surface area contributed by atoms with Crippen LogP contribution >= 0.6 is 0 Å². The van der Waals surface area contributed by atoms with Gasteiger partial charge in [0.15, 0.2) is 0 Å². The van der Waals surface area contributed by atoms with E-state index in [1.54, 1.807) is 13.2 Å². The monoisotopic (exact) mass is 298 g/mol. The molecule has 0 aliphatic carbocycles. The summed E-state index contributed by atoms with van der Waals surface area (Å²) in [6.07, 6.45) is 2.71. The van der Waals surface area contributed by atoms with Crippen molar-refractivity contribution in [3.05, 3.63) is 49.1 Å². The molecule has 0 bridgehead atoms. The summed E-state index contributed by atoms with van der Waals surface area (Å²) in [5.74, 6) is 1.40. The highest BCUT2D eigenvalue weighted by molar-refractivity contribution is 5.64. The topological polar surface area (TPSA) is 59.1 Å². The molecule has 2 rings (SSSR count). The highest BCUT2D eigenvalue weighted by Gasteiger charge is 2.06. The first-order valence-corrected chi connectivity index (χ1v) is 7.35. The third-order valence-electron chi connectivity index (χ3n) is 3.03. The number of methoxy groups -OCH3 is 1. The Morgan fingerprint density at radius 2 is 2.00 bits per heavy atom. The van der Waals surface area contributed by atoms with E-state index in [4.69, 9.17) is 4.74 Å². The lowest BCUT2D eigenvalue weighted by Gasteiger charge is -2.10. The van der Waals surface area contributed by atoms with Gasteiger partial charge in [-0.3, -0.25) is 0 Å². The van der Waals surface area contributed by atoms with Crippen LogP contribution in [0.25, 0.3) is 11.3 Å². The highest BCUT2D eigenvalue weighted by Crippen LogP contribution is 2.21. The van der Waals surface area contributed by atoms with Gasteiger partial charge in [0, 0.05) is 38.4 Å². The van der Waals surface area contributed by atoms with Crippen molar-refractivity contribution in [1.82, 2.24) is 9.97 Å². The van der Waals surface area contributed by atoms with Crippen LogP contribution in [0.1, 0.15) is 6.42 Å². The van der Waals surface area contributed by atoms with E-state index >= 15 is 0 Å². The number of ether oxygens (including phenoxy) is 1. The zero-order valence-electron chi connectivity index (χ0n) is 12.9. The Balaban J connectivity index is 2.18. The molecule has 1 aromatic carbocycles. The first-order valence-electron chi connectivity index (χ1n) is 7.35. The van der Waals surface area contributed by atoms with Crippen molar-refractivity contribution in [2.24, 2.45) is 0 Å². The van der Waals surface area contributed by atoms with Gasteiger partial charge in [-0.15, -0.1) is 6.58 Å². The first-order chi connectivity index (χ1) is 10.8. The predicted octanol–water partition coefficient (Wildman–Crippen LogP) is 3.19. The summed E-state index contributed by atoms with van der Waals surface area (Å²) < 4.78 is 5.05. The number of aromatic nitrogens is 2. The lowest BCUT2D eigenvalue weighted by atomic mass is 10.1. The predicted molar refractivity (Wildman–Crippen MR) is 91.1 cm³/mol. The zero-order valence-corrected chi connectivity index (χ0v) is 12.9. The number of nitrogens with zero attached hydrogens (tertiary/aromatic N) is 2. The second-order valence-corrected chi connectivity index (χ2v) is 4.77. The molecular formula is C17H22N4O. The van der Waals surface area contributed by atoms with Gasteiger partial charge in [-0.1, -0.05) is 36.4 Å². The van der Waals surface area contributed by atoms with Gasteiger partial charge in [0.2, 0.25) is 5.95 Å². The van der Waals surface area contributed by atoms with Gasteiger partial charge < -0.3 is 15.4 Å². The average molecular weight is 298 g/mol. The molecule has 0 fully saturated rings. The molecule has 0 amide bonds. The van der Waals surface area contributed by atoms with Crippen molar-refractivity contribution in [3.63, 3.8) is 0 Å².